The van der Waals surface area contributed by atoms with E-state index >= 15 is 0 Å². The first-order chi connectivity index (χ1) is 30.3. The molecule has 0 amide bonds. The zero-order valence-corrected chi connectivity index (χ0v) is 39.9. The molecule has 0 N–H and O–H groups in total. The van der Waals surface area contributed by atoms with Crippen molar-refractivity contribution in [3.8, 4) is 16.8 Å². The first kappa shape index (κ1) is 41.6. The number of benzene rings is 9. The van der Waals surface area contributed by atoms with Gasteiger partial charge in [-0.1, -0.05) is 192 Å². The lowest BCUT2D eigenvalue weighted by Gasteiger charge is -2.31. The molecular weight excluding hydrogens is 773 g/mol. The fourth-order valence-corrected chi connectivity index (χ4v) is 9.88. The maximum absolute atomic E-state index is 2.53. The van der Waals surface area contributed by atoms with E-state index in [0.29, 0.717) is 0 Å². The molecule has 0 unspecified atom stereocenters. The van der Waals surface area contributed by atoms with Gasteiger partial charge in [0.15, 0.2) is 0 Å². The summed E-state index contributed by atoms with van der Waals surface area (Å²) in [6, 6.07) is 60.4. The van der Waals surface area contributed by atoms with Gasteiger partial charge in [0, 0.05) is 32.9 Å². The third-order valence-electron chi connectivity index (χ3n) is 13.7. The van der Waals surface area contributed by atoms with Gasteiger partial charge in [0.1, 0.15) is 0 Å². The Bertz CT molecular complexity index is 3320. The number of fused-ring (bicyclic) bond motifs is 3. The number of anilines is 3. The molecule has 0 aliphatic heterocycles. The second kappa shape index (κ2) is 14.6. The molecule has 9 aromatic carbocycles. The maximum Gasteiger partial charge on any atom is 0.0541 e. The van der Waals surface area contributed by atoms with Gasteiger partial charge in [0.25, 0.3) is 0 Å². The standard InChI is InChI=1S/C62H62N2/c1-59(2,3)43-25-27-47(28-26-43)63(48-36-42(35-46(38-48)62(10,11)12)41-33-44(60(4,5)6)37-45(34-41)61(7,8)9)55-31-23-39-22-30-52-56(32-24-40-21-29-51(55)57(39)58(40)52)64-53-19-15-13-17-49(53)50-18-14-16-20-54(50)64/h13-38H,1-12H3. The molecule has 0 bridgehead atoms. The van der Waals surface area contributed by atoms with Crippen molar-refractivity contribution in [1.82, 2.24) is 4.57 Å². The Morgan fingerprint density at radius 3 is 1.34 bits per heavy atom. The summed E-state index contributed by atoms with van der Waals surface area (Å²) in [6.07, 6.45) is 0. The van der Waals surface area contributed by atoms with Gasteiger partial charge in [-0.05, 0) is 125 Å². The molecular formula is C62H62N2. The summed E-state index contributed by atoms with van der Waals surface area (Å²) in [5, 5.41) is 10.1. The zero-order chi connectivity index (χ0) is 45.1. The molecule has 1 aromatic heterocycles. The summed E-state index contributed by atoms with van der Waals surface area (Å²) in [4.78, 5) is 2.53. The molecule has 2 nitrogen and oxygen atoms in total. The minimum atomic E-state index is -0.0904. The van der Waals surface area contributed by atoms with Gasteiger partial charge in [0.05, 0.1) is 22.4 Å². The van der Waals surface area contributed by atoms with Crippen LogP contribution in [-0.4, -0.2) is 4.57 Å². The lowest BCUT2D eigenvalue weighted by Crippen LogP contribution is -2.17. The molecule has 0 radical (unpaired) electrons. The molecule has 0 saturated carbocycles. The van der Waals surface area contributed by atoms with Crippen LogP contribution >= 0.6 is 0 Å². The fourth-order valence-electron chi connectivity index (χ4n) is 9.88. The van der Waals surface area contributed by atoms with Crippen LogP contribution in [0.1, 0.15) is 105 Å². The Morgan fingerprint density at radius 2 is 0.797 bits per heavy atom. The van der Waals surface area contributed by atoms with Crippen molar-refractivity contribution in [2.45, 2.75) is 105 Å². The molecule has 0 aliphatic rings. The first-order valence-corrected chi connectivity index (χ1v) is 23.2. The summed E-state index contributed by atoms with van der Waals surface area (Å²) in [6.45, 7) is 27.9. The summed E-state index contributed by atoms with van der Waals surface area (Å²) in [5.41, 5.74) is 14.9. The number of hydrogen-bond donors (Lipinski definition) is 0. The summed E-state index contributed by atoms with van der Waals surface area (Å²) in [5.74, 6) is 0. The van der Waals surface area contributed by atoms with E-state index in [0.717, 1.165) is 11.4 Å². The topological polar surface area (TPSA) is 8.17 Å². The lowest BCUT2D eigenvalue weighted by molar-refractivity contribution is 0.569. The SMILES string of the molecule is CC(C)(C)c1ccc(N(c2cc(-c3cc(C(C)(C)C)cc(C(C)(C)C)c3)cc(C(C)(C)C)c2)c2ccc3ccc4c(-n5c6ccccc6c6ccccc65)ccc5ccc2c3c54)cc1. The minimum Gasteiger partial charge on any atom is -0.310 e. The number of para-hydroxylation sites is 2. The third-order valence-corrected chi connectivity index (χ3v) is 13.7. The van der Waals surface area contributed by atoms with Gasteiger partial charge in [-0.25, -0.2) is 0 Å². The van der Waals surface area contributed by atoms with E-state index in [1.807, 2.05) is 0 Å². The summed E-state index contributed by atoms with van der Waals surface area (Å²) < 4.78 is 2.47. The van der Waals surface area contributed by atoms with E-state index in [2.05, 4.69) is 250 Å². The molecule has 64 heavy (non-hydrogen) atoms. The maximum atomic E-state index is 2.53. The van der Waals surface area contributed by atoms with Gasteiger partial charge in [-0.2, -0.15) is 0 Å². The normalized spacial score (nSPS) is 13.0. The van der Waals surface area contributed by atoms with E-state index in [1.165, 1.54) is 98.9 Å². The number of aromatic nitrogens is 1. The van der Waals surface area contributed by atoms with Crippen LogP contribution in [0.2, 0.25) is 0 Å². The highest BCUT2D eigenvalue weighted by Gasteiger charge is 2.26. The highest BCUT2D eigenvalue weighted by Crippen LogP contribution is 2.48. The second-order valence-electron chi connectivity index (χ2n) is 22.4. The van der Waals surface area contributed by atoms with Gasteiger partial charge in [0.2, 0.25) is 0 Å². The van der Waals surface area contributed by atoms with E-state index in [1.54, 1.807) is 0 Å². The van der Waals surface area contributed by atoms with Crippen molar-refractivity contribution < 1.29 is 0 Å². The number of nitrogens with zero attached hydrogens (tertiary/aromatic N) is 2. The van der Waals surface area contributed by atoms with Gasteiger partial charge in [-0.15, -0.1) is 0 Å². The molecule has 0 aliphatic carbocycles. The summed E-state index contributed by atoms with van der Waals surface area (Å²) >= 11 is 0. The predicted molar refractivity (Wildman–Crippen MR) is 279 cm³/mol. The number of hydrogen-bond acceptors (Lipinski definition) is 1. The van der Waals surface area contributed by atoms with E-state index in [-0.39, 0.29) is 21.7 Å². The van der Waals surface area contributed by atoms with Crippen LogP contribution in [0.3, 0.4) is 0 Å². The van der Waals surface area contributed by atoms with Gasteiger partial charge >= 0.3 is 0 Å². The highest BCUT2D eigenvalue weighted by atomic mass is 15.1. The first-order valence-electron chi connectivity index (χ1n) is 23.2. The molecule has 10 aromatic rings. The Balaban J connectivity index is 1.26. The van der Waals surface area contributed by atoms with Crippen molar-refractivity contribution in [2.24, 2.45) is 0 Å². The molecule has 320 valence electrons. The van der Waals surface area contributed by atoms with Crippen LogP contribution in [0.15, 0.2) is 158 Å². The highest BCUT2D eigenvalue weighted by molar-refractivity contribution is 6.27. The lowest BCUT2D eigenvalue weighted by atomic mass is 9.78. The predicted octanol–water partition coefficient (Wildman–Crippen LogP) is 18.0. The van der Waals surface area contributed by atoms with Crippen LogP contribution in [-0.2, 0) is 21.7 Å². The quantitative estimate of drug-likeness (QED) is 0.157. The van der Waals surface area contributed by atoms with Crippen molar-refractivity contribution in [1.29, 1.82) is 0 Å². The van der Waals surface area contributed by atoms with Crippen LogP contribution in [0.5, 0.6) is 0 Å². The molecule has 0 atom stereocenters. The average molecular weight is 835 g/mol. The third kappa shape index (κ3) is 7.03. The Kier molecular flexibility index (Phi) is 9.48. The van der Waals surface area contributed by atoms with Crippen molar-refractivity contribution in [3.05, 3.63) is 180 Å². The Labute approximate surface area is 380 Å². The average Bonchev–Trinajstić information content (AvgIpc) is 3.59. The molecule has 2 heteroatoms. The van der Waals surface area contributed by atoms with Gasteiger partial charge < -0.3 is 9.47 Å². The van der Waals surface area contributed by atoms with Crippen LogP contribution in [0, 0.1) is 0 Å². The smallest absolute Gasteiger partial charge is 0.0541 e. The largest absolute Gasteiger partial charge is 0.310 e. The monoisotopic (exact) mass is 834 g/mol. The van der Waals surface area contributed by atoms with E-state index < -0.39 is 0 Å². The van der Waals surface area contributed by atoms with Crippen molar-refractivity contribution in [2.75, 3.05) is 4.90 Å². The fraction of sp³-hybridized carbons (Fsp3) is 0.258. The molecule has 0 saturated heterocycles. The molecule has 1 heterocycles. The second-order valence-corrected chi connectivity index (χ2v) is 22.4. The molecule has 0 fully saturated rings. The summed E-state index contributed by atoms with van der Waals surface area (Å²) in [7, 11) is 0. The zero-order valence-electron chi connectivity index (χ0n) is 39.9. The Hall–Kier alpha value is -6.38. The molecule has 10 rings (SSSR count). The van der Waals surface area contributed by atoms with Gasteiger partial charge in [-0.3, -0.25) is 0 Å². The van der Waals surface area contributed by atoms with Crippen molar-refractivity contribution in [3.63, 3.8) is 0 Å². The Morgan fingerprint density at radius 1 is 0.344 bits per heavy atom. The van der Waals surface area contributed by atoms with Crippen LogP contribution in [0.25, 0.3) is 70.9 Å². The van der Waals surface area contributed by atoms with Crippen molar-refractivity contribution >= 4 is 71.2 Å². The van der Waals surface area contributed by atoms with E-state index in [9.17, 15) is 0 Å². The molecule has 0 spiro atoms. The minimum absolute atomic E-state index is 0.00441. The number of rotatable bonds is 5. The van der Waals surface area contributed by atoms with Crippen LogP contribution < -0.4 is 4.90 Å². The van der Waals surface area contributed by atoms with Crippen LogP contribution in [0.4, 0.5) is 17.1 Å². The van der Waals surface area contributed by atoms with E-state index in [4.69, 9.17) is 0 Å².